The van der Waals surface area contributed by atoms with Crippen LogP contribution in [0.1, 0.15) is 12.5 Å². The van der Waals surface area contributed by atoms with Gasteiger partial charge in [0.2, 0.25) is 6.10 Å². The molecular weight excluding hydrogens is 334 g/mol. The van der Waals surface area contributed by atoms with Crippen LogP contribution in [0.5, 0.6) is 11.5 Å². The Kier molecular flexibility index (Phi) is 6.04. The minimum atomic E-state index is -1.56. The van der Waals surface area contributed by atoms with Gasteiger partial charge in [0.25, 0.3) is 0 Å². The third-order valence-corrected chi connectivity index (χ3v) is 3.45. The van der Waals surface area contributed by atoms with E-state index in [0.29, 0.717) is 30.3 Å². The molecule has 0 saturated carbocycles. The lowest BCUT2D eigenvalue weighted by Gasteiger charge is -2.25. The molecule has 1 aliphatic rings. The van der Waals surface area contributed by atoms with Crippen LogP contribution in [-0.4, -0.2) is 55.6 Å². The number of carbonyl (C=O) groups excluding carboxylic acids is 2. The van der Waals surface area contributed by atoms with Crippen LogP contribution in [0.25, 0.3) is 0 Å². The lowest BCUT2D eigenvalue weighted by atomic mass is 10.0. The topological polar surface area (TPSA) is 120 Å². The Morgan fingerprint density at radius 3 is 2.52 bits per heavy atom. The molecule has 0 radical (unpaired) electrons. The number of benzene rings is 1. The number of aliphatic carboxylic acids is 1. The lowest BCUT2D eigenvalue weighted by molar-refractivity contribution is -0.164. The molecule has 0 aliphatic carbocycles. The summed E-state index contributed by atoms with van der Waals surface area (Å²) in [7, 11) is 1.15. The number of carbonyl (C=O) groups is 3. The first-order valence-electron chi connectivity index (χ1n) is 7.53. The zero-order valence-corrected chi connectivity index (χ0v) is 13.8. The minimum absolute atomic E-state index is 0.0794. The normalized spacial score (nSPS) is 14.8. The Hall–Kier alpha value is -2.97. The van der Waals surface area contributed by atoms with Gasteiger partial charge in [0, 0.05) is 6.92 Å². The third kappa shape index (κ3) is 5.00. The largest absolute Gasteiger partial charge is 0.486 e. The zero-order chi connectivity index (χ0) is 18.4. The molecule has 1 heterocycles. The molecule has 1 aromatic carbocycles. The summed E-state index contributed by atoms with van der Waals surface area (Å²) in [5.74, 6) is -1.04. The molecule has 0 saturated heterocycles. The van der Waals surface area contributed by atoms with E-state index in [9.17, 15) is 19.5 Å². The van der Waals surface area contributed by atoms with Gasteiger partial charge >= 0.3 is 18.0 Å². The van der Waals surface area contributed by atoms with Crippen LogP contribution in [0, 0.1) is 0 Å². The molecule has 0 bridgehead atoms. The van der Waals surface area contributed by atoms with Crippen molar-refractivity contribution in [2.24, 2.45) is 0 Å². The molecule has 2 atom stereocenters. The highest BCUT2D eigenvalue weighted by Gasteiger charge is 2.33. The van der Waals surface area contributed by atoms with Gasteiger partial charge in [-0.25, -0.2) is 9.59 Å². The first kappa shape index (κ1) is 18.4. The SMILES string of the molecule is COC(=O)NC(Cc1ccc2c(c1)OCCO2)C(OC(C)=O)C(=O)O. The van der Waals surface area contributed by atoms with Crippen LogP contribution in [-0.2, 0) is 25.5 Å². The molecule has 1 amide bonds. The molecular formula is C16H19NO8. The highest BCUT2D eigenvalue weighted by atomic mass is 16.6. The Labute approximate surface area is 143 Å². The van der Waals surface area contributed by atoms with Gasteiger partial charge in [0.15, 0.2) is 11.5 Å². The average molecular weight is 353 g/mol. The Bertz CT molecular complexity index is 660. The summed E-state index contributed by atoms with van der Waals surface area (Å²) in [6.45, 7) is 1.95. The number of rotatable bonds is 6. The molecule has 25 heavy (non-hydrogen) atoms. The van der Waals surface area contributed by atoms with E-state index in [1.165, 1.54) is 0 Å². The predicted octanol–water partition coefficient (Wildman–Crippen LogP) is 0.741. The van der Waals surface area contributed by atoms with Crippen molar-refractivity contribution >= 4 is 18.0 Å². The monoisotopic (exact) mass is 353 g/mol. The fourth-order valence-corrected chi connectivity index (χ4v) is 2.40. The van der Waals surface area contributed by atoms with Crippen LogP contribution in [0.2, 0.25) is 0 Å². The molecule has 2 N–H and O–H groups in total. The van der Waals surface area contributed by atoms with Crippen LogP contribution < -0.4 is 14.8 Å². The molecule has 9 heteroatoms. The van der Waals surface area contributed by atoms with Crippen molar-refractivity contribution in [1.82, 2.24) is 5.32 Å². The fourth-order valence-electron chi connectivity index (χ4n) is 2.40. The lowest BCUT2D eigenvalue weighted by Crippen LogP contribution is -2.50. The van der Waals surface area contributed by atoms with Gasteiger partial charge in [-0.05, 0) is 24.1 Å². The second-order valence-electron chi connectivity index (χ2n) is 5.29. The minimum Gasteiger partial charge on any atom is -0.486 e. The number of methoxy groups -OCH3 is 1. The van der Waals surface area contributed by atoms with Crippen molar-refractivity contribution < 1.29 is 38.4 Å². The van der Waals surface area contributed by atoms with E-state index in [1.54, 1.807) is 18.2 Å². The number of alkyl carbamates (subject to hydrolysis) is 1. The summed E-state index contributed by atoms with van der Waals surface area (Å²) < 4.78 is 20.3. The van der Waals surface area contributed by atoms with Gasteiger partial charge in [-0.3, -0.25) is 4.79 Å². The van der Waals surface area contributed by atoms with Crippen LogP contribution >= 0.6 is 0 Å². The quantitative estimate of drug-likeness (QED) is 0.719. The number of nitrogens with one attached hydrogen (secondary N) is 1. The van der Waals surface area contributed by atoms with E-state index in [1.807, 2.05) is 0 Å². The molecule has 1 aromatic rings. The molecule has 0 spiro atoms. The number of hydrogen-bond donors (Lipinski definition) is 2. The van der Waals surface area contributed by atoms with Gasteiger partial charge in [0.1, 0.15) is 13.2 Å². The summed E-state index contributed by atoms with van der Waals surface area (Å²) in [5, 5.41) is 11.7. The third-order valence-electron chi connectivity index (χ3n) is 3.45. The van der Waals surface area contributed by atoms with Gasteiger partial charge in [-0.2, -0.15) is 0 Å². The van der Waals surface area contributed by atoms with E-state index in [4.69, 9.17) is 14.2 Å². The first-order valence-corrected chi connectivity index (χ1v) is 7.53. The smallest absolute Gasteiger partial charge is 0.407 e. The maximum Gasteiger partial charge on any atom is 0.407 e. The summed E-state index contributed by atoms with van der Waals surface area (Å²) in [6, 6.07) is 4.07. The maximum atomic E-state index is 11.5. The van der Waals surface area contributed by atoms with Crippen LogP contribution in [0.15, 0.2) is 18.2 Å². The highest BCUT2D eigenvalue weighted by Crippen LogP contribution is 2.31. The molecule has 1 aliphatic heterocycles. The van der Waals surface area contributed by atoms with E-state index in [0.717, 1.165) is 14.0 Å². The van der Waals surface area contributed by atoms with Crippen molar-refractivity contribution in [3.05, 3.63) is 23.8 Å². The highest BCUT2D eigenvalue weighted by molar-refractivity contribution is 5.79. The van der Waals surface area contributed by atoms with Crippen molar-refractivity contribution in [3.63, 3.8) is 0 Å². The number of fused-ring (bicyclic) bond motifs is 1. The molecule has 2 unspecified atom stereocenters. The van der Waals surface area contributed by atoms with E-state index in [-0.39, 0.29) is 6.42 Å². The van der Waals surface area contributed by atoms with E-state index >= 15 is 0 Å². The van der Waals surface area contributed by atoms with Crippen molar-refractivity contribution in [1.29, 1.82) is 0 Å². The molecule has 0 aromatic heterocycles. The number of carboxylic acids is 1. The summed E-state index contributed by atoms with van der Waals surface area (Å²) >= 11 is 0. The maximum absolute atomic E-state index is 11.5. The van der Waals surface area contributed by atoms with Crippen LogP contribution in [0.4, 0.5) is 4.79 Å². The van der Waals surface area contributed by atoms with E-state index in [2.05, 4.69) is 10.1 Å². The molecule has 0 fully saturated rings. The Morgan fingerprint density at radius 2 is 1.92 bits per heavy atom. The second-order valence-corrected chi connectivity index (χ2v) is 5.29. The van der Waals surface area contributed by atoms with Crippen molar-refractivity contribution in [2.75, 3.05) is 20.3 Å². The number of carboxylic acid groups (broad SMARTS) is 1. The number of amides is 1. The zero-order valence-electron chi connectivity index (χ0n) is 13.8. The van der Waals surface area contributed by atoms with Gasteiger partial charge in [-0.15, -0.1) is 0 Å². The summed E-state index contributed by atoms with van der Waals surface area (Å²) in [6.07, 6.45) is -2.32. The number of ether oxygens (including phenoxy) is 4. The Balaban J connectivity index is 2.23. The van der Waals surface area contributed by atoms with Crippen molar-refractivity contribution in [2.45, 2.75) is 25.5 Å². The van der Waals surface area contributed by atoms with Gasteiger partial charge in [0.05, 0.1) is 13.2 Å². The van der Waals surface area contributed by atoms with Gasteiger partial charge in [-0.1, -0.05) is 6.07 Å². The fraction of sp³-hybridized carbons (Fsp3) is 0.438. The summed E-state index contributed by atoms with van der Waals surface area (Å²) in [4.78, 5) is 34.2. The van der Waals surface area contributed by atoms with Gasteiger partial charge < -0.3 is 29.4 Å². The standard InChI is InChI=1S/C16H19NO8/c1-9(18)25-14(15(19)20)11(17-16(21)22-2)7-10-3-4-12-13(8-10)24-6-5-23-12/h3-4,8,11,14H,5-7H2,1-2H3,(H,17,21)(H,19,20). The number of esters is 1. The molecule has 2 rings (SSSR count). The Morgan fingerprint density at radius 1 is 1.24 bits per heavy atom. The summed E-state index contributed by atoms with van der Waals surface area (Å²) in [5.41, 5.74) is 0.670. The predicted molar refractivity (Wildman–Crippen MR) is 83.7 cm³/mol. The molecule has 136 valence electrons. The number of hydrogen-bond acceptors (Lipinski definition) is 7. The first-order chi connectivity index (χ1) is 11.9. The van der Waals surface area contributed by atoms with E-state index < -0.39 is 30.2 Å². The average Bonchev–Trinajstić information content (AvgIpc) is 2.58. The molecule has 9 nitrogen and oxygen atoms in total. The second kappa shape index (κ2) is 8.22. The van der Waals surface area contributed by atoms with Crippen molar-refractivity contribution in [3.8, 4) is 11.5 Å². The van der Waals surface area contributed by atoms with Crippen LogP contribution in [0.3, 0.4) is 0 Å².